The second kappa shape index (κ2) is 9.50. The lowest BCUT2D eigenvalue weighted by atomic mass is 10.2. The van der Waals surface area contributed by atoms with Gasteiger partial charge in [-0.15, -0.1) is 0 Å². The molecule has 2 aromatic rings. The third-order valence-corrected chi connectivity index (χ3v) is 3.56. The molecule has 126 valence electrons. The van der Waals surface area contributed by atoms with Gasteiger partial charge in [-0.05, 0) is 42.8 Å². The van der Waals surface area contributed by atoms with Crippen LogP contribution in [-0.2, 0) is 0 Å². The van der Waals surface area contributed by atoms with Crippen molar-refractivity contribution in [1.82, 2.24) is 0 Å². The van der Waals surface area contributed by atoms with Gasteiger partial charge in [0.2, 0.25) is 0 Å². The summed E-state index contributed by atoms with van der Waals surface area (Å²) in [7, 11) is 0. The second-order valence-corrected chi connectivity index (χ2v) is 5.51. The molecule has 0 aliphatic carbocycles. The predicted octanol–water partition coefficient (Wildman–Crippen LogP) is 4.68. The molecule has 0 N–H and O–H groups in total. The van der Waals surface area contributed by atoms with E-state index in [1.807, 2.05) is 0 Å². The average Bonchev–Trinajstić information content (AvgIpc) is 2.62. The van der Waals surface area contributed by atoms with Crippen LogP contribution < -0.4 is 9.47 Å². The number of carbonyl (C=O) groups excluding carboxylic acids is 2. The van der Waals surface area contributed by atoms with Gasteiger partial charge in [-0.1, -0.05) is 38.3 Å². The van der Waals surface area contributed by atoms with E-state index < -0.39 is 5.97 Å². The van der Waals surface area contributed by atoms with Crippen LogP contribution in [0.5, 0.6) is 11.5 Å². The normalized spacial score (nSPS) is 10.2. The highest BCUT2D eigenvalue weighted by molar-refractivity contribution is 5.91. The Morgan fingerprint density at radius 1 is 1.00 bits per heavy atom. The van der Waals surface area contributed by atoms with Crippen LogP contribution in [0.3, 0.4) is 0 Å². The molecule has 2 rings (SSSR count). The quantitative estimate of drug-likeness (QED) is 0.291. The van der Waals surface area contributed by atoms with E-state index in [1.54, 1.807) is 42.5 Å². The first-order valence-corrected chi connectivity index (χ1v) is 8.23. The fourth-order valence-electron chi connectivity index (χ4n) is 2.22. The number of hydrogen-bond donors (Lipinski definition) is 0. The van der Waals surface area contributed by atoms with Crippen molar-refractivity contribution in [2.24, 2.45) is 0 Å². The molecule has 0 radical (unpaired) electrons. The Kier molecular flexibility index (Phi) is 7.02. The van der Waals surface area contributed by atoms with Gasteiger partial charge in [0.25, 0.3) is 0 Å². The van der Waals surface area contributed by atoms with Crippen molar-refractivity contribution >= 4 is 12.3 Å². The van der Waals surface area contributed by atoms with Crippen LogP contribution >= 0.6 is 0 Å². The molecule has 0 aliphatic heterocycles. The molecule has 0 unspecified atom stereocenters. The first-order valence-electron chi connectivity index (χ1n) is 8.23. The summed E-state index contributed by atoms with van der Waals surface area (Å²) in [6.07, 6.45) is 5.33. The SMILES string of the molecule is CCCCCCOc1ccc(C(=O)Oc2cccc(C=O)c2)cc1. The molecule has 0 amide bonds. The molecule has 4 heteroatoms. The van der Waals surface area contributed by atoms with Crippen LogP contribution in [0, 0.1) is 0 Å². The Labute approximate surface area is 142 Å². The number of carbonyl (C=O) groups is 2. The van der Waals surface area contributed by atoms with Crippen LogP contribution in [-0.4, -0.2) is 18.9 Å². The van der Waals surface area contributed by atoms with E-state index in [-0.39, 0.29) is 0 Å². The highest BCUT2D eigenvalue weighted by Gasteiger charge is 2.09. The molecule has 0 aromatic heterocycles. The van der Waals surface area contributed by atoms with Crippen molar-refractivity contribution in [1.29, 1.82) is 0 Å². The Morgan fingerprint density at radius 2 is 1.79 bits per heavy atom. The molecule has 0 heterocycles. The van der Waals surface area contributed by atoms with Crippen molar-refractivity contribution in [3.8, 4) is 11.5 Å². The molecule has 0 spiro atoms. The van der Waals surface area contributed by atoms with Crippen LogP contribution in [0.25, 0.3) is 0 Å². The second-order valence-electron chi connectivity index (χ2n) is 5.51. The van der Waals surface area contributed by atoms with Gasteiger partial charge in [0, 0.05) is 5.56 Å². The molecule has 0 bridgehead atoms. The lowest BCUT2D eigenvalue weighted by Gasteiger charge is -2.07. The summed E-state index contributed by atoms with van der Waals surface area (Å²) >= 11 is 0. The molecule has 4 nitrogen and oxygen atoms in total. The van der Waals surface area contributed by atoms with Crippen LogP contribution in [0.4, 0.5) is 0 Å². The number of unbranched alkanes of at least 4 members (excludes halogenated alkanes) is 3. The molecule has 0 aliphatic rings. The van der Waals surface area contributed by atoms with Crippen molar-refractivity contribution in [3.05, 3.63) is 59.7 Å². The summed E-state index contributed by atoms with van der Waals surface area (Å²) < 4.78 is 10.9. The number of ether oxygens (including phenoxy) is 2. The molecule has 2 aromatic carbocycles. The minimum atomic E-state index is -0.465. The Balaban J connectivity index is 1.87. The standard InChI is InChI=1S/C20H22O4/c1-2-3-4-5-13-23-18-11-9-17(10-12-18)20(22)24-19-8-6-7-16(14-19)15-21/h6-12,14-15H,2-5,13H2,1H3. The lowest BCUT2D eigenvalue weighted by Crippen LogP contribution is -2.08. The highest BCUT2D eigenvalue weighted by Crippen LogP contribution is 2.17. The number of hydrogen-bond acceptors (Lipinski definition) is 4. The number of aldehydes is 1. The molecular formula is C20H22O4. The summed E-state index contributed by atoms with van der Waals surface area (Å²) in [6, 6.07) is 13.4. The van der Waals surface area contributed by atoms with Crippen molar-refractivity contribution in [2.75, 3.05) is 6.61 Å². The van der Waals surface area contributed by atoms with E-state index in [9.17, 15) is 9.59 Å². The van der Waals surface area contributed by atoms with Crippen molar-refractivity contribution in [3.63, 3.8) is 0 Å². The molecule has 0 fully saturated rings. The topological polar surface area (TPSA) is 52.6 Å². The highest BCUT2D eigenvalue weighted by atomic mass is 16.5. The third kappa shape index (κ3) is 5.54. The average molecular weight is 326 g/mol. The molecule has 0 saturated heterocycles. The maximum atomic E-state index is 12.1. The predicted molar refractivity (Wildman–Crippen MR) is 92.9 cm³/mol. The van der Waals surface area contributed by atoms with Gasteiger partial charge in [-0.3, -0.25) is 4.79 Å². The third-order valence-electron chi connectivity index (χ3n) is 3.56. The van der Waals surface area contributed by atoms with E-state index >= 15 is 0 Å². The maximum Gasteiger partial charge on any atom is 0.343 e. The summed E-state index contributed by atoms with van der Waals surface area (Å²) in [4.78, 5) is 22.8. The monoisotopic (exact) mass is 326 g/mol. The van der Waals surface area contributed by atoms with Crippen molar-refractivity contribution in [2.45, 2.75) is 32.6 Å². The van der Waals surface area contributed by atoms with E-state index in [1.165, 1.54) is 25.3 Å². The zero-order chi connectivity index (χ0) is 17.2. The van der Waals surface area contributed by atoms with Gasteiger partial charge in [-0.25, -0.2) is 4.79 Å². The van der Waals surface area contributed by atoms with Gasteiger partial charge in [0.15, 0.2) is 0 Å². The Bertz CT molecular complexity index is 662. The summed E-state index contributed by atoms with van der Waals surface area (Å²) in [5, 5.41) is 0. The van der Waals surface area contributed by atoms with E-state index in [0.29, 0.717) is 29.8 Å². The van der Waals surface area contributed by atoms with Gasteiger partial charge in [-0.2, -0.15) is 0 Å². The molecule has 0 atom stereocenters. The summed E-state index contributed by atoms with van der Waals surface area (Å²) in [6.45, 7) is 2.86. The smallest absolute Gasteiger partial charge is 0.343 e. The fraction of sp³-hybridized carbons (Fsp3) is 0.300. The van der Waals surface area contributed by atoms with E-state index in [4.69, 9.17) is 9.47 Å². The Morgan fingerprint density at radius 3 is 2.50 bits per heavy atom. The largest absolute Gasteiger partial charge is 0.494 e. The molecule has 0 saturated carbocycles. The van der Waals surface area contributed by atoms with Gasteiger partial charge in [0.1, 0.15) is 17.8 Å². The number of benzene rings is 2. The molecule has 24 heavy (non-hydrogen) atoms. The maximum absolute atomic E-state index is 12.1. The number of rotatable bonds is 9. The van der Waals surface area contributed by atoms with Crippen LogP contribution in [0.2, 0.25) is 0 Å². The first-order chi connectivity index (χ1) is 11.7. The zero-order valence-electron chi connectivity index (χ0n) is 13.9. The minimum absolute atomic E-state index is 0.348. The first kappa shape index (κ1) is 17.7. The van der Waals surface area contributed by atoms with Crippen molar-refractivity contribution < 1.29 is 19.1 Å². The summed E-state index contributed by atoms with van der Waals surface area (Å²) in [5.41, 5.74) is 0.900. The zero-order valence-corrected chi connectivity index (χ0v) is 13.9. The Hall–Kier alpha value is -2.62. The molecular weight excluding hydrogens is 304 g/mol. The van der Waals surface area contributed by atoms with Gasteiger partial charge in [0.05, 0.1) is 12.2 Å². The summed E-state index contributed by atoms with van der Waals surface area (Å²) in [5.74, 6) is 0.624. The van der Waals surface area contributed by atoms with Gasteiger partial charge < -0.3 is 9.47 Å². The van der Waals surface area contributed by atoms with Crippen LogP contribution in [0.15, 0.2) is 48.5 Å². The van der Waals surface area contributed by atoms with E-state index in [2.05, 4.69) is 6.92 Å². The van der Waals surface area contributed by atoms with Crippen LogP contribution in [0.1, 0.15) is 53.3 Å². The fourth-order valence-corrected chi connectivity index (χ4v) is 2.22. The minimum Gasteiger partial charge on any atom is -0.494 e. The lowest BCUT2D eigenvalue weighted by molar-refractivity contribution is 0.0734. The van der Waals surface area contributed by atoms with E-state index in [0.717, 1.165) is 12.2 Å². The number of esters is 1. The van der Waals surface area contributed by atoms with Gasteiger partial charge >= 0.3 is 5.97 Å².